The van der Waals surface area contributed by atoms with E-state index >= 15 is 0 Å². The molecule has 0 amide bonds. The number of carboxylic acids is 1. The van der Waals surface area contributed by atoms with Gasteiger partial charge in [0.25, 0.3) is 0 Å². The molecule has 1 unspecified atom stereocenters. The molecule has 0 bridgehead atoms. The summed E-state index contributed by atoms with van der Waals surface area (Å²) in [6, 6.07) is 0. The summed E-state index contributed by atoms with van der Waals surface area (Å²) < 4.78 is 8.39. The van der Waals surface area contributed by atoms with Crippen molar-refractivity contribution in [2.24, 2.45) is 7.05 Å². The minimum Gasteiger partial charge on any atom is -0.481 e. The minimum absolute atomic E-state index is 0.109. The van der Waals surface area contributed by atoms with E-state index in [0.717, 1.165) is 11.3 Å². The average Bonchev–Trinajstić information content (AvgIpc) is 2.97. The topological polar surface area (TPSA) is 108 Å². The minimum atomic E-state index is -0.927. The number of hydrogen-bond donors (Lipinski definition) is 1. The van der Waals surface area contributed by atoms with Crippen LogP contribution >= 0.6 is 0 Å². The molecule has 1 N–H and O–H groups in total. The smallest absolute Gasteiger partial charge is 0.306 e. The molecular weight excluding hydrogens is 264 g/mol. The van der Waals surface area contributed by atoms with Gasteiger partial charge in [0.1, 0.15) is 0 Å². The van der Waals surface area contributed by atoms with Gasteiger partial charge in [0.05, 0.1) is 30.8 Å². The molecule has 0 fully saturated rings. The van der Waals surface area contributed by atoms with E-state index in [9.17, 15) is 4.79 Å². The molecule has 0 aliphatic carbocycles. The molecule has 2 aromatic heterocycles. The Labute approximate surface area is 115 Å². The van der Waals surface area contributed by atoms with Crippen LogP contribution in [0.15, 0.2) is 6.20 Å². The zero-order valence-corrected chi connectivity index (χ0v) is 11.5. The number of carboxylic acid groups (broad SMARTS) is 1. The maximum atomic E-state index is 10.8. The van der Waals surface area contributed by atoms with E-state index in [0.29, 0.717) is 5.82 Å². The highest BCUT2D eigenvalue weighted by Gasteiger charge is 2.19. The van der Waals surface area contributed by atoms with Crippen LogP contribution in [0.25, 0.3) is 11.4 Å². The Morgan fingerprint density at radius 1 is 1.55 bits per heavy atom. The summed E-state index contributed by atoms with van der Waals surface area (Å²) in [5.41, 5.74) is 1.73. The van der Waals surface area contributed by atoms with Crippen molar-refractivity contribution in [1.29, 1.82) is 0 Å². The maximum absolute atomic E-state index is 10.8. The fraction of sp³-hybridized carbons (Fsp3) is 0.545. The number of nitrogens with zero attached hydrogens (tertiary/aromatic N) is 6. The molecule has 9 nitrogen and oxygen atoms in total. The van der Waals surface area contributed by atoms with Crippen molar-refractivity contribution in [2.75, 3.05) is 7.11 Å². The number of aromatic nitrogens is 6. The van der Waals surface area contributed by atoms with Crippen molar-refractivity contribution < 1.29 is 14.6 Å². The lowest BCUT2D eigenvalue weighted by molar-refractivity contribution is -0.140. The first kappa shape index (κ1) is 14.1. The highest BCUT2D eigenvalue weighted by Crippen LogP contribution is 2.19. The number of hydrogen-bond acceptors (Lipinski definition) is 6. The Hall–Kier alpha value is -2.29. The third-order valence-electron chi connectivity index (χ3n) is 3.12. The number of carbonyl (C=O) groups is 1. The van der Waals surface area contributed by atoms with E-state index in [1.165, 1.54) is 11.8 Å². The second kappa shape index (κ2) is 5.78. The average molecular weight is 280 g/mol. The highest BCUT2D eigenvalue weighted by molar-refractivity contribution is 5.67. The molecule has 0 aliphatic heterocycles. The van der Waals surface area contributed by atoms with Crippen LogP contribution in [-0.4, -0.2) is 54.3 Å². The molecule has 0 saturated heterocycles. The van der Waals surface area contributed by atoms with Crippen LogP contribution in [0.1, 0.15) is 12.1 Å². The summed E-state index contributed by atoms with van der Waals surface area (Å²) in [4.78, 5) is 10.8. The van der Waals surface area contributed by atoms with Crippen molar-refractivity contribution in [3.8, 4) is 11.4 Å². The van der Waals surface area contributed by atoms with Crippen LogP contribution in [0.3, 0.4) is 0 Å². The standard InChI is InChI=1S/C11H16N6O3/c1-7-9(5-12-16(7)2)11-13-14-15-17(11)6-8(20-3)4-10(18)19/h5,8H,4,6H2,1-3H3,(H,18,19). The first-order chi connectivity index (χ1) is 9.52. The van der Waals surface area contributed by atoms with Gasteiger partial charge >= 0.3 is 5.97 Å². The van der Waals surface area contributed by atoms with E-state index in [1.807, 2.05) is 14.0 Å². The van der Waals surface area contributed by atoms with Gasteiger partial charge in [0.2, 0.25) is 0 Å². The maximum Gasteiger partial charge on any atom is 0.306 e. The number of rotatable bonds is 6. The zero-order valence-electron chi connectivity index (χ0n) is 11.5. The molecule has 9 heteroatoms. The predicted octanol–water partition coefficient (Wildman–Crippen LogP) is -0.128. The summed E-state index contributed by atoms with van der Waals surface area (Å²) in [5, 5.41) is 24.5. The fourth-order valence-electron chi connectivity index (χ4n) is 1.85. The Morgan fingerprint density at radius 3 is 2.85 bits per heavy atom. The van der Waals surface area contributed by atoms with E-state index in [-0.39, 0.29) is 13.0 Å². The van der Waals surface area contributed by atoms with Crippen molar-refractivity contribution >= 4 is 5.97 Å². The van der Waals surface area contributed by atoms with E-state index in [1.54, 1.807) is 10.9 Å². The van der Waals surface area contributed by atoms with Crippen LogP contribution in [0.4, 0.5) is 0 Å². The van der Waals surface area contributed by atoms with Crippen LogP contribution in [-0.2, 0) is 23.1 Å². The molecule has 1 atom stereocenters. The van der Waals surface area contributed by atoms with Crippen molar-refractivity contribution in [1.82, 2.24) is 30.0 Å². The molecule has 2 rings (SSSR count). The van der Waals surface area contributed by atoms with Gasteiger partial charge in [0, 0.05) is 19.9 Å². The van der Waals surface area contributed by atoms with Crippen LogP contribution in [0.5, 0.6) is 0 Å². The van der Waals surface area contributed by atoms with E-state index in [4.69, 9.17) is 9.84 Å². The van der Waals surface area contributed by atoms with Gasteiger partial charge in [0.15, 0.2) is 5.82 Å². The third-order valence-corrected chi connectivity index (χ3v) is 3.12. The fourth-order valence-corrected chi connectivity index (χ4v) is 1.85. The molecule has 0 aromatic carbocycles. The molecule has 2 aromatic rings. The monoisotopic (exact) mass is 280 g/mol. The van der Waals surface area contributed by atoms with E-state index in [2.05, 4.69) is 20.6 Å². The van der Waals surface area contributed by atoms with E-state index < -0.39 is 12.1 Å². The quantitative estimate of drug-likeness (QED) is 0.785. The zero-order chi connectivity index (χ0) is 14.7. The number of aryl methyl sites for hydroxylation is 1. The Kier molecular flexibility index (Phi) is 4.08. The third kappa shape index (κ3) is 2.82. The largest absolute Gasteiger partial charge is 0.481 e. The van der Waals surface area contributed by atoms with Crippen LogP contribution in [0.2, 0.25) is 0 Å². The van der Waals surface area contributed by atoms with Gasteiger partial charge in [-0.05, 0) is 17.4 Å². The summed E-state index contributed by atoms with van der Waals surface area (Å²) in [6.45, 7) is 2.17. The van der Waals surface area contributed by atoms with Gasteiger partial charge < -0.3 is 9.84 Å². The number of tetrazole rings is 1. The molecular formula is C11H16N6O3. The Morgan fingerprint density at radius 2 is 2.30 bits per heavy atom. The number of methoxy groups -OCH3 is 1. The van der Waals surface area contributed by atoms with Gasteiger partial charge in [-0.25, -0.2) is 4.68 Å². The first-order valence-corrected chi connectivity index (χ1v) is 6.02. The molecule has 20 heavy (non-hydrogen) atoms. The molecule has 0 spiro atoms. The van der Waals surface area contributed by atoms with Gasteiger partial charge in [-0.1, -0.05) is 0 Å². The lowest BCUT2D eigenvalue weighted by Gasteiger charge is -2.13. The van der Waals surface area contributed by atoms with Crippen molar-refractivity contribution in [3.63, 3.8) is 0 Å². The SMILES string of the molecule is COC(CC(=O)O)Cn1nnnc1-c1cnn(C)c1C. The Bertz CT molecular complexity index is 605. The normalized spacial score (nSPS) is 12.6. The molecule has 0 saturated carbocycles. The highest BCUT2D eigenvalue weighted by atomic mass is 16.5. The second-order valence-electron chi connectivity index (χ2n) is 4.41. The number of aliphatic carboxylic acids is 1. The molecule has 0 radical (unpaired) electrons. The van der Waals surface area contributed by atoms with Crippen LogP contribution < -0.4 is 0 Å². The lowest BCUT2D eigenvalue weighted by Crippen LogP contribution is -2.23. The first-order valence-electron chi connectivity index (χ1n) is 6.02. The van der Waals surface area contributed by atoms with Gasteiger partial charge in [-0.15, -0.1) is 5.10 Å². The Balaban J connectivity index is 2.24. The summed E-state index contributed by atoms with van der Waals surface area (Å²) in [5.74, 6) is -0.382. The summed E-state index contributed by atoms with van der Waals surface area (Å²) in [6.07, 6.45) is 1.07. The van der Waals surface area contributed by atoms with Crippen molar-refractivity contribution in [2.45, 2.75) is 26.0 Å². The van der Waals surface area contributed by atoms with Gasteiger partial charge in [-0.3, -0.25) is 9.48 Å². The second-order valence-corrected chi connectivity index (χ2v) is 4.41. The number of ether oxygens (including phenoxy) is 1. The molecule has 0 aliphatic rings. The summed E-state index contributed by atoms with van der Waals surface area (Å²) >= 11 is 0. The van der Waals surface area contributed by atoms with Gasteiger partial charge in [-0.2, -0.15) is 5.10 Å². The van der Waals surface area contributed by atoms with Crippen molar-refractivity contribution in [3.05, 3.63) is 11.9 Å². The summed E-state index contributed by atoms with van der Waals surface area (Å²) in [7, 11) is 3.29. The molecule has 2 heterocycles. The van der Waals surface area contributed by atoms with Crippen LogP contribution in [0, 0.1) is 6.92 Å². The lowest BCUT2D eigenvalue weighted by atomic mass is 10.2. The molecule has 108 valence electrons. The predicted molar refractivity (Wildman–Crippen MR) is 67.8 cm³/mol.